The topological polar surface area (TPSA) is 84.9 Å². The maximum atomic E-state index is 13.0. The zero-order valence-corrected chi connectivity index (χ0v) is 18.4. The Morgan fingerprint density at radius 1 is 1.10 bits per heavy atom. The second kappa shape index (κ2) is 12.1. The Balaban J connectivity index is 1.96. The fourth-order valence-corrected chi connectivity index (χ4v) is 4.92. The molecule has 164 valence electrons. The summed E-state index contributed by atoms with van der Waals surface area (Å²) in [6.07, 6.45) is 8.22. The molecule has 7 nitrogen and oxygen atoms in total. The van der Waals surface area contributed by atoms with E-state index in [9.17, 15) is 13.2 Å². The smallest absolute Gasteiger partial charge is 0.251 e. The zero-order chi connectivity index (χ0) is 21.1. The van der Waals surface area contributed by atoms with Crippen LogP contribution >= 0.6 is 0 Å². The number of benzene rings is 1. The summed E-state index contributed by atoms with van der Waals surface area (Å²) in [6, 6.07) is 4.54. The molecule has 0 bridgehead atoms. The lowest BCUT2D eigenvalue weighted by molar-refractivity contribution is 0.0729. The highest BCUT2D eigenvalue weighted by Crippen LogP contribution is 2.28. The van der Waals surface area contributed by atoms with Gasteiger partial charge >= 0.3 is 0 Å². The van der Waals surface area contributed by atoms with Gasteiger partial charge in [-0.3, -0.25) is 4.79 Å². The molecule has 0 spiro atoms. The highest BCUT2D eigenvalue weighted by molar-refractivity contribution is 7.89. The number of ether oxygens (including phenoxy) is 2. The van der Waals surface area contributed by atoms with Gasteiger partial charge in [-0.1, -0.05) is 45.4 Å². The summed E-state index contributed by atoms with van der Waals surface area (Å²) in [4.78, 5) is 12.5. The highest BCUT2D eigenvalue weighted by Gasteiger charge is 2.30. The Morgan fingerprint density at radius 3 is 2.41 bits per heavy atom. The van der Waals surface area contributed by atoms with Crippen molar-refractivity contribution in [3.8, 4) is 5.75 Å². The number of nitrogens with zero attached hydrogens (tertiary/aromatic N) is 1. The van der Waals surface area contributed by atoms with Crippen LogP contribution in [0.15, 0.2) is 23.1 Å². The van der Waals surface area contributed by atoms with Gasteiger partial charge < -0.3 is 14.8 Å². The summed E-state index contributed by atoms with van der Waals surface area (Å²) >= 11 is 0. The van der Waals surface area contributed by atoms with Gasteiger partial charge in [0.05, 0.1) is 20.3 Å². The van der Waals surface area contributed by atoms with E-state index in [4.69, 9.17) is 9.47 Å². The number of unbranched alkanes of at least 4 members (excludes halogenated alkanes) is 6. The van der Waals surface area contributed by atoms with Crippen LogP contribution in [0, 0.1) is 0 Å². The first-order valence-corrected chi connectivity index (χ1v) is 12.0. The van der Waals surface area contributed by atoms with E-state index < -0.39 is 10.0 Å². The minimum atomic E-state index is -3.75. The van der Waals surface area contributed by atoms with Crippen LogP contribution in [0.4, 0.5) is 0 Å². The number of carbonyl (C=O) groups is 1. The average Bonchev–Trinajstić information content (AvgIpc) is 2.75. The van der Waals surface area contributed by atoms with Crippen molar-refractivity contribution in [3.63, 3.8) is 0 Å². The summed E-state index contributed by atoms with van der Waals surface area (Å²) in [5.74, 6) is -0.0304. The molecule has 0 atom stereocenters. The average molecular weight is 427 g/mol. The zero-order valence-electron chi connectivity index (χ0n) is 17.6. The molecule has 1 N–H and O–H groups in total. The largest absolute Gasteiger partial charge is 0.495 e. The van der Waals surface area contributed by atoms with E-state index in [-0.39, 0.29) is 16.6 Å². The second-order valence-electron chi connectivity index (χ2n) is 7.26. The van der Waals surface area contributed by atoms with Gasteiger partial charge in [0.15, 0.2) is 0 Å². The lowest BCUT2D eigenvalue weighted by atomic mass is 10.1. The van der Waals surface area contributed by atoms with Crippen molar-refractivity contribution in [3.05, 3.63) is 23.8 Å². The predicted molar refractivity (Wildman–Crippen MR) is 113 cm³/mol. The van der Waals surface area contributed by atoms with Gasteiger partial charge in [0.25, 0.3) is 5.91 Å². The summed E-state index contributed by atoms with van der Waals surface area (Å²) in [5.41, 5.74) is 0.320. The Hall–Kier alpha value is -1.64. The standard InChI is InChI=1S/C21H34N2O5S/c1-3-4-5-6-7-8-9-12-22-21(24)18-10-11-19(27-2)20(17-18)29(25,26)23-13-15-28-16-14-23/h10-11,17H,3-9,12-16H2,1-2H3,(H,22,24). The molecule has 1 aliphatic rings. The van der Waals surface area contributed by atoms with Gasteiger partial charge in [0.1, 0.15) is 10.6 Å². The second-order valence-corrected chi connectivity index (χ2v) is 9.17. The summed E-state index contributed by atoms with van der Waals surface area (Å²) in [5, 5.41) is 2.89. The number of rotatable bonds is 12. The number of amides is 1. The van der Waals surface area contributed by atoms with Crippen molar-refractivity contribution in [2.24, 2.45) is 0 Å². The van der Waals surface area contributed by atoms with Crippen molar-refractivity contribution < 1.29 is 22.7 Å². The third kappa shape index (κ3) is 6.97. The number of nitrogens with one attached hydrogen (secondary N) is 1. The van der Waals surface area contributed by atoms with Crippen molar-refractivity contribution in [1.29, 1.82) is 0 Å². The van der Waals surface area contributed by atoms with Crippen LogP contribution < -0.4 is 10.1 Å². The lowest BCUT2D eigenvalue weighted by Crippen LogP contribution is -2.40. The number of sulfonamides is 1. The van der Waals surface area contributed by atoms with Gasteiger partial charge in [-0.2, -0.15) is 4.31 Å². The quantitative estimate of drug-likeness (QED) is 0.519. The third-order valence-corrected chi connectivity index (χ3v) is 7.00. The highest BCUT2D eigenvalue weighted by atomic mass is 32.2. The van der Waals surface area contributed by atoms with E-state index >= 15 is 0 Å². The van der Waals surface area contributed by atoms with Crippen LogP contribution in [-0.2, 0) is 14.8 Å². The monoisotopic (exact) mass is 426 g/mol. The van der Waals surface area contributed by atoms with Crippen molar-refractivity contribution in [1.82, 2.24) is 9.62 Å². The number of morpholine rings is 1. The van der Waals surface area contributed by atoms with Crippen LogP contribution in [0.25, 0.3) is 0 Å². The third-order valence-electron chi connectivity index (χ3n) is 5.08. The minimum Gasteiger partial charge on any atom is -0.495 e. The number of hydrogen-bond donors (Lipinski definition) is 1. The summed E-state index contributed by atoms with van der Waals surface area (Å²) in [7, 11) is -2.33. The maximum Gasteiger partial charge on any atom is 0.251 e. The number of hydrogen-bond acceptors (Lipinski definition) is 5. The van der Waals surface area contributed by atoms with Crippen molar-refractivity contribution in [2.75, 3.05) is 40.0 Å². The van der Waals surface area contributed by atoms with Crippen LogP contribution in [0.1, 0.15) is 62.2 Å². The van der Waals surface area contributed by atoms with E-state index in [0.29, 0.717) is 38.4 Å². The molecule has 1 aromatic rings. The molecule has 8 heteroatoms. The Morgan fingerprint density at radius 2 is 1.76 bits per heavy atom. The minimum absolute atomic E-state index is 0.0190. The summed E-state index contributed by atoms with van der Waals surface area (Å²) in [6.45, 7) is 4.09. The van der Waals surface area contributed by atoms with Crippen LogP contribution in [0.5, 0.6) is 5.75 Å². The lowest BCUT2D eigenvalue weighted by Gasteiger charge is -2.26. The molecule has 29 heavy (non-hydrogen) atoms. The van der Waals surface area contributed by atoms with Crippen molar-refractivity contribution >= 4 is 15.9 Å². The molecular weight excluding hydrogens is 392 g/mol. The molecule has 2 rings (SSSR count). The van der Waals surface area contributed by atoms with E-state index in [1.54, 1.807) is 6.07 Å². The van der Waals surface area contributed by atoms with Crippen LogP contribution in [0.2, 0.25) is 0 Å². The number of methoxy groups -OCH3 is 1. The summed E-state index contributed by atoms with van der Waals surface area (Å²) < 4.78 is 37.9. The SMILES string of the molecule is CCCCCCCCCNC(=O)c1ccc(OC)c(S(=O)(=O)N2CCOCC2)c1. The van der Waals surface area contributed by atoms with E-state index in [1.807, 2.05) is 0 Å². The molecule has 1 fully saturated rings. The molecule has 0 radical (unpaired) electrons. The van der Waals surface area contributed by atoms with Crippen molar-refractivity contribution in [2.45, 2.75) is 56.8 Å². The predicted octanol–water partition coefficient (Wildman–Crippen LogP) is 3.20. The van der Waals surface area contributed by atoms with Crippen LogP contribution in [0.3, 0.4) is 0 Å². The molecule has 1 aromatic carbocycles. The molecule has 1 amide bonds. The van der Waals surface area contributed by atoms with Gasteiger partial charge in [0.2, 0.25) is 10.0 Å². The molecule has 0 saturated carbocycles. The fourth-order valence-electron chi connectivity index (χ4n) is 3.33. The maximum absolute atomic E-state index is 13.0. The first-order chi connectivity index (χ1) is 14.0. The molecule has 1 aliphatic heterocycles. The fraction of sp³-hybridized carbons (Fsp3) is 0.667. The van der Waals surface area contributed by atoms with Crippen LogP contribution in [-0.4, -0.2) is 58.6 Å². The van der Waals surface area contributed by atoms with Gasteiger partial charge in [-0.25, -0.2) is 8.42 Å². The molecule has 0 aromatic heterocycles. The Labute approximate surface area is 174 Å². The molecule has 1 heterocycles. The molecule has 0 unspecified atom stereocenters. The Bertz CT molecular complexity index is 745. The first kappa shape index (κ1) is 23.6. The van der Waals surface area contributed by atoms with Gasteiger partial charge in [0, 0.05) is 25.2 Å². The van der Waals surface area contributed by atoms with E-state index in [0.717, 1.165) is 12.8 Å². The molecule has 0 aliphatic carbocycles. The first-order valence-electron chi connectivity index (χ1n) is 10.5. The van der Waals surface area contributed by atoms with Gasteiger partial charge in [-0.05, 0) is 24.6 Å². The normalized spacial score (nSPS) is 15.2. The van der Waals surface area contributed by atoms with Gasteiger partial charge in [-0.15, -0.1) is 0 Å². The molecule has 1 saturated heterocycles. The van der Waals surface area contributed by atoms with E-state index in [1.165, 1.54) is 55.7 Å². The Kier molecular flexibility index (Phi) is 9.90. The van der Waals surface area contributed by atoms with E-state index in [2.05, 4.69) is 12.2 Å². The molecular formula is C21H34N2O5S. The number of carbonyl (C=O) groups excluding carboxylic acids is 1.